The molecule has 0 bridgehead atoms. The van der Waals surface area contributed by atoms with Gasteiger partial charge in [0.2, 0.25) is 11.8 Å². The van der Waals surface area contributed by atoms with E-state index in [1.807, 2.05) is 6.26 Å². The van der Waals surface area contributed by atoms with Crippen LogP contribution in [0.25, 0.3) is 0 Å². The Hall–Kier alpha value is -2.42. The Morgan fingerprint density at radius 2 is 1.80 bits per heavy atom. The van der Waals surface area contributed by atoms with Crippen LogP contribution in [0.5, 0.6) is 5.75 Å². The quantitative estimate of drug-likeness (QED) is 0.210. The number of benzene rings is 1. The van der Waals surface area contributed by atoms with Gasteiger partial charge in [0.15, 0.2) is 0 Å². The number of rotatable bonds is 15. The predicted octanol–water partition coefficient (Wildman–Crippen LogP) is 6.33. The van der Waals surface area contributed by atoms with Crippen molar-refractivity contribution in [1.82, 2.24) is 15.5 Å². The maximum absolute atomic E-state index is 14.3. The molecule has 0 radical (unpaired) electrons. The summed E-state index contributed by atoms with van der Waals surface area (Å²) in [5, 5.41) is 16.3. The van der Waals surface area contributed by atoms with Crippen LogP contribution in [0, 0.1) is 0 Å². The molecule has 0 spiro atoms. The van der Waals surface area contributed by atoms with Crippen LogP contribution in [0.2, 0.25) is 0 Å². The van der Waals surface area contributed by atoms with Crippen molar-refractivity contribution in [2.75, 3.05) is 18.6 Å². The number of hydrogen-bond donors (Lipinski definition) is 3. The minimum atomic E-state index is -0.926. The van der Waals surface area contributed by atoms with Crippen molar-refractivity contribution < 1.29 is 24.2 Å². The number of hydrogen-bond acceptors (Lipinski definition) is 6. The summed E-state index contributed by atoms with van der Waals surface area (Å²) in [6, 6.07) is 4.88. The number of alkyl carbamates (subject to hydrolysis) is 1. The van der Waals surface area contributed by atoms with Crippen molar-refractivity contribution in [3.05, 3.63) is 29.8 Å². The van der Waals surface area contributed by atoms with Crippen LogP contribution in [-0.2, 0) is 14.3 Å². The van der Waals surface area contributed by atoms with Gasteiger partial charge >= 0.3 is 6.09 Å². The molecule has 2 rings (SSSR count). The zero-order valence-corrected chi connectivity index (χ0v) is 26.0. The van der Waals surface area contributed by atoms with Crippen LogP contribution in [0.3, 0.4) is 0 Å². The molecule has 9 heteroatoms. The molecule has 1 saturated carbocycles. The number of thioether (sulfide) groups is 1. The second kappa shape index (κ2) is 17.4. The maximum atomic E-state index is 14.3. The van der Waals surface area contributed by atoms with E-state index in [9.17, 15) is 19.5 Å². The largest absolute Gasteiger partial charge is 0.508 e. The fourth-order valence-corrected chi connectivity index (χ4v) is 5.56. The van der Waals surface area contributed by atoms with Gasteiger partial charge in [-0.1, -0.05) is 64.0 Å². The van der Waals surface area contributed by atoms with E-state index < -0.39 is 23.8 Å². The van der Waals surface area contributed by atoms with Gasteiger partial charge in [0.25, 0.3) is 0 Å². The first kappa shape index (κ1) is 33.8. The molecule has 226 valence electrons. The molecule has 3 N–H and O–H groups in total. The number of unbranched alkanes of at least 4 members (excludes halogenated alkanes) is 4. The number of aromatic hydroxyl groups is 1. The van der Waals surface area contributed by atoms with Crippen molar-refractivity contribution in [3.8, 4) is 5.75 Å². The van der Waals surface area contributed by atoms with Crippen molar-refractivity contribution in [2.24, 2.45) is 0 Å². The van der Waals surface area contributed by atoms with Crippen molar-refractivity contribution >= 4 is 29.7 Å². The van der Waals surface area contributed by atoms with Crippen LogP contribution in [0.1, 0.15) is 110 Å². The zero-order valence-electron chi connectivity index (χ0n) is 25.2. The van der Waals surface area contributed by atoms with E-state index in [1.54, 1.807) is 61.7 Å². The molecule has 1 aromatic carbocycles. The highest BCUT2D eigenvalue weighted by Gasteiger charge is 2.37. The van der Waals surface area contributed by atoms with E-state index in [0.717, 1.165) is 64.2 Å². The topological polar surface area (TPSA) is 108 Å². The summed E-state index contributed by atoms with van der Waals surface area (Å²) in [7, 11) is 0. The van der Waals surface area contributed by atoms with Crippen molar-refractivity contribution in [3.63, 3.8) is 0 Å². The number of amides is 3. The molecule has 2 atom stereocenters. The summed E-state index contributed by atoms with van der Waals surface area (Å²) < 4.78 is 5.47. The predicted molar refractivity (Wildman–Crippen MR) is 162 cm³/mol. The highest BCUT2D eigenvalue weighted by molar-refractivity contribution is 7.98. The van der Waals surface area contributed by atoms with Gasteiger partial charge in [-0.05, 0) is 76.2 Å². The number of carbonyl (C=O) groups is 3. The first-order chi connectivity index (χ1) is 19.1. The summed E-state index contributed by atoms with van der Waals surface area (Å²) in [5.74, 6) is 0.124. The molecule has 0 saturated heterocycles. The third-order valence-corrected chi connectivity index (χ3v) is 7.73. The maximum Gasteiger partial charge on any atom is 0.408 e. The molecular weight excluding hydrogens is 526 g/mol. The van der Waals surface area contributed by atoms with Crippen LogP contribution < -0.4 is 10.6 Å². The van der Waals surface area contributed by atoms with Crippen LogP contribution in [0.15, 0.2) is 24.3 Å². The lowest BCUT2D eigenvalue weighted by atomic mass is 9.94. The van der Waals surface area contributed by atoms with E-state index in [1.165, 1.54) is 0 Å². The average molecular weight is 578 g/mol. The lowest BCUT2D eigenvalue weighted by molar-refractivity contribution is -0.143. The Morgan fingerprint density at radius 3 is 2.42 bits per heavy atom. The highest BCUT2D eigenvalue weighted by atomic mass is 32.2. The molecule has 0 aromatic heterocycles. The molecule has 1 fully saturated rings. The second-order valence-electron chi connectivity index (χ2n) is 11.8. The van der Waals surface area contributed by atoms with Gasteiger partial charge in [-0.25, -0.2) is 4.79 Å². The molecule has 0 aliphatic heterocycles. The fraction of sp³-hybridized carbons (Fsp3) is 0.710. The third kappa shape index (κ3) is 12.0. The number of ether oxygens (including phenoxy) is 1. The van der Waals surface area contributed by atoms with Crippen molar-refractivity contribution in [2.45, 2.75) is 122 Å². The van der Waals surface area contributed by atoms with Crippen molar-refractivity contribution in [1.29, 1.82) is 0 Å². The van der Waals surface area contributed by atoms with Gasteiger partial charge < -0.3 is 25.4 Å². The molecule has 3 amide bonds. The summed E-state index contributed by atoms with van der Waals surface area (Å²) in [6.45, 7) is 7.86. The van der Waals surface area contributed by atoms with Gasteiger partial charge in [-0.15, -0.1) is 0 Å². The molecule has 1 aliphatic rings. The lowest BCUT2D eigenvalue weighted by Gasteiger charge is -2.36. The Balaban J connectivity index is 2.43. The number of nitrogens with zero attached hydrogens (tertiary/aromatic N) is 1. The first-order valence-corrected chi connectivity index (χ1v) is 16.3. The molecule has 1 aromatic rings. The number of phenolic OH excluding ortho intramolecular Hbond substituents is 1. The number of carbonyl (C=O) groups excluding carboxylic acids is 3. The second-order valence-corrected chi connectivity index (χ2v) is 12.8. The summed E-state index contributed by atoms with van der Waals surface area (Å²) in [5.41, 5.74) is -0.156. The number of nitrogens with one attached hydrogen (secondary N) is 2. The van der Waals surface area contributed by atoms with Gasteiger partial charge in [0.1, 0.15) is 23.4 Å². The monoisotopic (exact) mass is 577 g/mol. The summed E-state index contributed by atoms with van der Waals surface area (Å²) in [4.78, 5) is 42.6. The van der Waals surface area contributed by atoms with Crippen LogP contribution >= 0.6 is 11.8 Å². The minimum absolute atomic E-state index is 0.0362. The molecule has 1 aliphatic carbocycles. The Kier molecular flexibility index (Phi) is 14.7. The van der Waals surface area contributed by atoms with E-state index >= 15 is 0 Å². The Bertz CT molecular complexity index is 930. The normalized spacial score (nSPS) is 15.6. The van der Waals surface area contributed by atoms with Gasteiger partial charge in [-0.2, -0.15) is 11.8 Å². The minimum Gasteiger partial charge on any atom is -0.508 e. The molecule has 40 heavy (non-hydrogen) atoms. The first-order valence-electron chi connectivity index (χ1n) is 14.9. The molecular formula is C31H51N3O5S. The average Bonchev–Trinajstić information content (AvgIpc) is 2.89. The van der Waals surface area contributed by atoms with Crippen LogP contribution in [0.4, 0.5) is 4.79 Å². The van der Waals surface area contributed by atoms with Gasteiger partial charge in [0.05, 0.1) is 0 Å². The van der Waals surface area contributed by atoms with Crippen LogP contribution in [-0.4, -0.2) is 64.2 Å². The Morgan fingerprint density at radius 1 is 1.10 bits per heavy atom. The molecule has 0 heterocycles. The van der Waals surface area contributed by atoms with E-state index in [2.05, 4.69) is 17.6 Å². The number of phenols is 1. The molecule has 2 unspecified atom stereocenters. The van der Waals surface area contributed by atoms with Gasteiger partial charge in [-0.3, -0.25) is 9.59 Å². The smallest absolute Gasteiger partial charge is 0.408 e. The SMILES string of the molecule is CCCCCCCN(C(=O)C(CCSC)NC(=O)OC(C)(C)C)C(C(=O)NC1CCCCC1)c1cccc(O)c1. The Labute approximate surface area is 245 Å². The lowest BCUT2D eigenvalue weighted by Crippen LogP contribution is -2.54. The summed E-state index contributed by atoms with van der Waals surface area (Å²) >= 11 is 1.59. The fourth-order valence-electron chi connectivity index (χ4n) is 5.09. The van der Waals surface area contributed by atoms with E-state index in [0.29, 0.717) is 24.3 Å². The van der Waals surface area contributed by atoms with E-state index in [-0.39, 0.29) is 23.6 Å². The van der Waals surface area contributed by atoms with E-state index in [4.69, 9.17) is 4.74 Å². The van der Waals surface area contributed by atoms with Gasteiger partial charge in [0, 0.05) is 12.6 Å². The molecule has 8 nitrogen and oxygen atoms in total. The standard InChI is InChI=1S/C31H51N3O5S/c1-6-7-8-9-13-20-34(29(37)26(19-21-40-5)33-30(38)39-31(2,3)4)27(23-15-14-18-25(35)22-23)28(36)32-24-16-11-10-12-17-24/h14-15,18,22,24,26-27,35H,6-13,16-17,19-21H2,1-5H3,(H,32,36)(H,33,38). The third-order valence-electron chi connectivity index (χ3n) is 7.08. The summed E-state index contributed by atoms with van der Waals surface area (Å²) in [6.07, 6.45) is 11.8. The highest BCUT2D eigenvalue weighted by Crippen LogP contribution is 2.28. The zero-order chi connectivity index (χ0) is 29.5.